The van der Waals surface area contributed by atoms with Crippen molar-refractivity contribution in [1.29, 1.82) is 0 Å². The van der Waals surface area contributed by atoms with Gasteiger partial charge in [0.15, 0.2) is 0 Å². The molecule has 3 rings (SSSR count). The van der Waals surface area contributed by atoms with E-state index in [0.29, 0.717) is 17.7 Å². The number of hydrogen-bond donors (Lipinski definition) is 0. The molecule has 0 spiro atoms. The average Bonchev–Trinajstić information content (AvgIpc) is 2.72. The van der Waals surface area contributed by atoms with Crippen LogP contribution in [0, 0.1) is 17.0 Å². The lowest BCUT2D eigenvalue weighted by atomic mass is 10.1. The molecular formula is C19H17ClF3N3O5S. The van der Waals surface area contributed by atoms with Crippen LogP contribution in [0.5, 0.6) is 0 Å². The number of halogens is 4. The number of piperazine rings is 1. The summed E-state index contributed by atoms with van der Waals surface area (Å²) in [6.07, 6.45) is -4.73. The Morgan fingerprint density at radius 1 is 1.09 bits per heavy atom. The Kier molecular flexibility index (Phi) is 6.50. The molecule has 0 saturated carbocycles. The molecule has 1 amide bonds. The van der Waals surface area contributed by atoms with Crippen LogP contribution in [0.2, 0.25) is 5.02 Å². The van der Waals surface area contributed by atoms with Gasteiger partial charge in [-0.2, -0.15) is 17.5 Å². The predicted octanol–water partition coefficient (Wildman–Crippen LogP) is 3.72. The first kappa shape index (κ1) is 24.0. The number of alkyl halides is 3. The smallest absolute Gasteiger partial charge is 0.336 e. The summed E-state index contributed by atoms with van der Waals surface area (Å²) >= 11 is 5.87. The van der Waals surface area contributed by atoms with E-state index in [1.807, 2.05) is 0 Å². The van der Waals surface area contributed by atoms with E-state index in [9.17, 15) is 36.5 Å². The van der Waals surface area contributed by atoms with Gasteiger partial charge in [0.1, 0.15) is 4.90 Å². The molecule has 2 aromatic carbocycles. The molecule has 1 saturated heterocycles. The molecule has 0 aromatic heterocycles. The highest BCUT2D eigenvalue weighted by atomic mass is 35.5. The number of nitrogens with zero attached hydrogens (tertiary/aromatic N) is 3. The summed E-state index contributed by atoms with van der Waals surface area (Å²) < 4.78 is 65.7. The fourth-order valence-corrected chi connectivity index (χ4v) is 5.25. The fourth-order valence-electron chi connectivity index (χ4n) is 3.32. The molecule has 0 bridgehead atoms. The molecule has 0 N–H and O–H groups in total. The molecule has 0 atom stereocenters. The predicted molar refractivity (Wildman–Crippen MR) is 109 cm³/mol. The molecule has 0 radical (unpaired) electrons. The molecule has 172 valence electrons. The van der Waals surface area contributed by atoms with E-state index >= 15 is 0 Å². The van der Waals surface area contributed by atoms with Crippen LogP contribution in [-0.2, 0) is 16.2 Å². The van der Waals surface area contributed by atoms with Gasteiger partial charge in [-0.15, -0.1) is 0 Å². The van der Waals surface area contributed by atoms with Gasteiger partial charge in [0.25, 0.3) is 11.6 Å². The molecule has 1 fully saturated rings. The molecule has 0 unspecified atom stereocenters. The number of nitro groups is 1. The minimum absolute atomic E-state index is 0.00925. The summed E-state index contributed by atoms with van der Waals surface area (Å²) in [7, 11) is -4.32. The normalized spacial score (nSPS) is 15.6. The van der Waals surface area contributed by atoms with Crippen molar-refractivity contribution >= 4 is 33.2 Å². The lowest BCUT2D eigenvalue weighted by Gasteiger charge is -2.34. The Bertz CT molecular complexity index is 1180. The molecule has 1 aliphatic rings. The van der Waals surface area contributed by atoms with Crippen LogP contribution in [0.4, 0.5) is 18.9 Å². The second-order valence-corrected chi connectivity index (χ2v) is 9.41. The summed E-state index contributed by atoms with van der Waals surface area (Å²) in [6.45, 7) is 1.19. The van der Waals surface area contributed by atoms with Crippen LogP contribution >= 0.6 is 11.6 Å². The monoisotopic (exact) mass is 491 g/mol. The number of benzene rings is 2. The minimum atomic E-state index is -4.73. The van der Waals surface area contributed by atoms with Crippen LogP contribution in [0.1, 0.15) is 21.5 Å². The van der Waals surface area contributed by atoms with Gasteiger partial charge in [0.2, 0.25) is 10.0 Å². The fraction of sp³-hybridized carbons (Fsp3) is 0.316. The topological polar surface area (TPSA) is 101 Å². The highest BCUT2D eigenvalue weighted by Gasteiger charge is 2.36. The Morgan fingerprint density at radius 3 is 2.25 bits per heavy atom. The van der Waals surface area contributed by atoms with E-state index in [1.54, 1.807) is 0 Å². The first-order valence-electron chi connectivity index (χ1n) is 9.23. The Morgan fingerprint density at radius 2 is 1.72 bits per heavy atom. The molecular weight excluding hydrogens is 475 g/mol. The zero-order valence-electron chi connectivity index (χ0n) is 16.6. The Hall–Kier alpha value is -2.70. The van der Waals surface area contributed by atoms with Crippen molar-refractivity contribution in [1.82, 2.24) is 9.21 Å². The van der Waals surface area contributed by atoms with Gasteiger partial charge in [-0.25, -0.2) is 8.42 Å². The molecule has 1 aliphatic heterocycles. The molecule has 13 heteroatoms. The van der Waals surface area contributed by atoms with Crippen molar-refractivity contribution < 1.29 is 31.3 Å². The Balaban J connectivity index is 1.76. The van der Waals surface area contributed by atoms with Gasteiger partial charge < -0.3 is 4.90 Å². The van der Waals surface area contributed by atoms with Crippen molar-refractivity contribution in [2.75, 3.05) is 26.2 Å². The first-order valence-corrected chi connectivity index (χ1v) is 11.1. The maximum absolute atomic E-state index is 13.0. The number of carbonyl (C=O) groups is 1. The van der Waals surface area contributed by atoms with Gasteiger partial charge >= 0.3 is 6.18 Å². The highest BCUT2D eigenvalue weighted by molar-refractivity contribution is 7.89. The number of nitro benzene ring substituents is 1. The third kappa shape index (κ3) is 4.71. The Labute approximate surface area is 186 Å². The number of rotatable bonds is 4. The lowest BCUT2D eigenvalue weighted by molar-refractivity contribution is -0.385. The van der Waals surface area contributed by atoms with E-state index in [1.165, 1.54) is 30.0 Å². The van der Waals surface area contributed by atoms with Crippen molar-refractivity contribution in [3.8, 4) is 0 Å². The summed E-state index contributed by atoms with van der Waals surface area (Å²) in [5.41, 5.74) is -0.746. The van der Waals surface area contributed by atoms with Crippen LogP contribution in [0.15, 0.2) is 41.3 Å². The van der Waals surface area contributed by atoms with Crippen LogP contribution in [0.25, 0.3) is 0 Å². The van der Waals surface area contributed by atoms with E-state index in [4.69, 9.17) is 11.6 Å². The van der Waals surface area contributed by atoms with Crippen molar-refractivity contribution in [3.63, 3.8) is 0 Å². The van der Waals surface area contributed by atoms with E-state index in [0.717, 1.165) is 10.4 Å². The zero-order valence-corrected chi connectivity index (χ0v) is 18.2. The lowest BCUT2D eigenvalue weighted by Crippen LogP contribution is -2.50. The highest BCUT2D eigenvalue weighted by Crippen LogP contribution is 2.34. The minimum Gasteiger partial charge on any atom is -0.336 e. The van der Waals surface area contributed by atoms with E-state index in [2.05, 4.69) is 0 Å². The van der Waals surface area contributed by atoms with Gasteiger partial charge in [-0.3, -0.25) is 14.9 Å². The second-order valence-electron chi connectivity index (χ2n) is 7.10. The van der Waals surface area contributed by atoms with Crippen molar-refractivity contribution in [3.05, 3.63) is 68.2 Å². The summed E-state index contributed by atoms with van der Waals surface area (Å²) in [5, 5.41) is 10.6. The van der Waals surface area contributed by atoms with Crippen LogP contribution in [-0.4, -0.2) is 54.6 Å². The molecule has 0 aliphatic carbocycles. The number of amides is 1. The number of hydrogen-bond acceptors (Lipinski definition) is 5. The van der Waals surface area contributed by atoms with Gasteiger partial charge in [0, 0.05) is 43.4 Å². The second kappa shape index (κ2) is 8.68. The molecule has 2 aromatic rings. The van der Waals surface area contributed by atoms with Crippen LogP contribution < -0.4 is 0 Å². The molecule has 8 nitrogen and oxygen atoms in total. The molecule has 32 heavy (non-hydrogen) atoms. The summed E-state index contributed by atoms with van der Waals surface area (Å²) in [6, 6.07) is 6.00. The summed E-state index contributed by atoms with van der Waals surface area (Å²) in [5.74, 6) is -0.433. The standard InChI is InChI=1S/C19H17ClF3N3O5S/c1-12-10-13(2-5-16(12)26(28)29)18(27)24-6-8-25(9-7-24)32(30,31)17-11-14(19(21,22)23)3-4-15(17)20/h2-5,10-11H,6-9H2,1H3. The number of aryl methyl sites for hydroxylation is 1. The number of carbonyl (C=O) groups excluding carboxylic acids is 1. The quantitative estimate of drug-likeness (QED) is 0.479. The average molecular weight is 492 g/mol. The number of sulfonamides is 1. The van der Waals surface area contributed by atoms with Crippen molar-refractivity contribution in [2.24, 2.45) is 0 Å². The first-order chi connectivity index (χ1) is 14.8. The summed E-state index contributed by atoms with van der Waals surface area (Å²) in [4.78, 5) is 23.8. The van der Waals surface area contributed by atoms with E-state index < -0.39 is 37.5 Å². The molecule has 1 heterocycles. The maximum atomic E-state index is 13.0. The maximum Gasteiger partial charge on any atom is 0.416 e. The van der Waals surface area contributed by atoms with E-state index in [-0.39, 0.29) is 42.5 Å². The van der Waals surface area contributed by atoms with Gasteiger partial charge in [-0.1, -0.05) is 11.6 Å². The SMILES string of the molecule is Cc1cc(C(=O)N2CCN(S(=O)(=O)c3cc(C(F)(F)F)ccc3Cl)CC2)ccc1[N+](=O)[O-]. The third-order valence-electron chi connectivity index (χ3n) is 5.04. The van der Waals surface area contributed by atoms with Crippen molar-refractivity contribution in [2.45, 2.75) is 18.0 Å². The van der Waals surface area contributed by atoms with Gasteiger partial charge in [0.05, 0.1) is 15.5 Å². The van der Waals surface area contributed by atoms with Gasteiger partial charge in [-0.05, 0) is 37.3 Å². The third-order valence-corrected chi connectivity index (χ3v) is 7.42. The zero-order chi connectivity index (χ0) is 23.8. The largest absolute Gasteiger partial charge is 0.416 e. The van der Waals surface area contributed by atoms with Crippen LogP contribution in [0.3, 0.4) is 0 Å².